The van der Waals surface area contributed by atoms with E-state index in [0.717, 1.165) is 24.5 Å². The Morgan fingerprint density at radius 1 is 1.56 bits per heavy atom. The lowest BCUT2D eigenvalue weighted by Gasteiger charge is -2.33. The molecule has 0 aliphatic heterocycles. The van der Waals surface area contributed by atoms with Crippen molar-refractivity contribution >= 4 is 0 Å². The van der Waals surface area contributed by atoms with Crippen LogP contribution in [0.3, 0.4) is 0 Å². The van der Waals surface area contributed by atoms with Gasteiger partial charge in [-0.1, -0.05) is 26.2 Å². The van der Waals surface area contributed by atoms with E-state index >= 15 is 0 Å². The number of aromatic nitrogens is 2. The molecule has 1 aromatic rings. The van der Waals surface area contributed by atoms with Crippen LogP contribution in [-0.4, -0.2) is 20.5 Å². The Kier molecular flexibility index (Phi) is 4.10. The third kappa shape index (κ3) is 3.35. The molecule has 2 atom stereocenters. The van der Waals surface area contributed by atoms with E-state index in [1.54, 1.807) is 0 Å². The highest BCUT2D eigenvalue weighted by molar-refractivity contribution is 5.04. The SMILES string of the molecule is CCC(C)n1ccc(CC(C)(O)CC2CCC2)n1. The van der Waals surface area contributed by atoms with E-state index < -0.39 is 5.60 Å². The Bertz CT molecular complexity index is 380. The minimum absolute atomic E-state index is 0.440. The summed E-state index contributed by atoms with van der Waals surface area (Å²) in [6.07, 6.45) is 8.62. The normalized spacial score (nSPS) is 21.3. The summed E-state index contributed by atoms with van der Waals surface area (Å²) < 4.78 is 2.01. The van der Waals surface area contributed by atoms with Crippen molar-refractivity contribution in [2.45, 2.75) is 70.9 Å². The summed E-state index contributed by atoms with van der Waals surface area (Å²) >= 11 is 0. The van der Waals surface area contributed by atoms with E-state index in [9.17, 15) is 5.11 Å². The summed E-state index contributed by atoms with van der Waals surface area (Å²) in [5.41, 5.74) is 0.416. The highest BCUT2D eigenvalue weighted by Gasteiger charge is 2.29. The second-order valence-electron chi connectivity index (χ2n) is 6.22. The molecule has 1 heterocycles. The molecule has 3 heteroatoms. The maximum atomic E-state index is 10.5. The van der Waals surface area contributed by atoms with E-state index in [4.69, 9.17) is 0 Å². The smallest absolute Gasteiger partial charge is 0.0678 e. The van der Waals surface area contributed by atoms with Crippen LogP contribution in [0, 0.1) is 5.92 Å². The summed E-state index contributed by atoms with van der Waals surface area (Å²) in [7, 11) is 0. The van der Waals surface area contributed by atoms with E-state index in [2.05, 4.69) is 18.9 Å². The zero-order chi connectivity index (χ0) is 13.2. The summed E-state index contributed by atoms with van der Waals surface area (Å²) in [5, 5.41) is 15.0. The van der Waals surface area contributed by atoms with Crippen molar-refractivity contribution in [1.29, 1.82) is 0 Å². The molecular weight excluding hydrogens is 224 g/mol. The Morgan fingerprint density at radius 3 is 2.83 bits per heavy atom. The van der Waals surface area contributed by atoms with Gasteiger partial charge in [-0.05, 0) is 38.7 Å². The van der Waals surface area contributed by atoms with Crippen molar-refractivity contribution in [3.63, 3.8) is 0 Å². The molecule has 1 aliphatic carbocycles. The van der Waals surface area contributed by atoms with Crippen LogP contribution in [0.5, 0.6) is 0 Å². The molecule has 2 unspecified atom stereocenters. The average Bonchev–Trinajstić information content (AvgIpc) is 2.70. The molecule has 0 bridgehead atoms. The molecule has 18 heavy (non-hydrogen) atoms. The molecule has 0 amide bonds. The van der Waals surface area contributed by atoms with Crippen LogP contribution in [0.25, 0.3) is 0 Å². The Balaban J connectivity index is 1.92. The Labute approximate surface area is 110 Å². The molecule has 0 spiro atoms. The van der Waals surface area contributed by atoms with Crippen LogP contribution < -0.4 is 0 Å². The molecule has 102 valence electrons. The molecule has 1 saturated carbocycles. The third-order valence-corrected chi connectivity index (χ3v) is 4.22. The predicted octanol–water partition coefficient (Wildman–Crippen LogP) is 3.34. The fourth-order valence-electron chi connectivity index (χ4n) is 2.69. The fourth-order valence-corrected chi connectivity index (χ4v) is 2.69. The highest BCUT2D eigenvalue weighted by Crippen LogP contribution is 2.34. The monoisotopic (exact) mass is 250 g/mol. The zero-order valence-electron chi connectivity index (χ0n) is 11.9. The van der Waals surface area contributed by atoms with Gasteiger partial charge in [-0.25, -0.2) is 0 Å². The van der Waals surface area contributed by atoms with Gasteiger partial charge in [0.05, 0.1) is 11.3 Å². The molecule has 1 aromatic heterocycles. The minimum atomic E-state index is -0.597. The van der Waals surface area contributed by atoms with E-state index in [-0.39, 0.29) is 0 Å². The summed E-state index contributed by atoms with van der Waals surface area (Å²) in [4.78, 5) is 0. The summed E-state index contributed by atoms with van der Waals surface area (Å²) in [5.74, 6) is 0.733. The molecular formula is C15H26N2O. The lowest BCUT2D eigenvalue weighted by molar-refractivity contribution is 0.0195. The van der Waals surface area contributed by atoms with Gasteiger partial charge in [-0.3, -0.25) is 4.68 Å². The van der Waals surface area contributed by atoms with E-state index in [1.807, 2.05) is 23.9 Å². The molecule has 0 aromatic carbocycles. The van der Waals surface area contributed by atoms with Crippen LogP contribution >= 0.6 is 0 Å². The van der Waals surface area contributed by atoms with Crippen molar-refractivity contribution in [2.75, 3.05) is 0 Å². The van der Waals surface area contributed by atoms with Gasteiger partial charge in [0.2, 0.25) is 0 Å². The maximum absolute atomic E-state index is 10.5. The standard InChI is InChI=1S/C15H26N2O/c1-4-12(2)17-9-8-14(16-17)11-15(3,18)10-13-6-5-7-13/h8-9,12-13,18H,4-7,10-11H2,1-3H3. The van der Waals surface area contributed by atoms with Crippen LogP contribution in [0.15, 0.2) is 12.3 Å². The number of rotatable bonds is 6. The molecule has 3 nitrogen and oxygen atoms in total. The number of hydrogen-bond donors (Lipinski definition) is 1. The van der Waals surface area contributed by atoms with Gasteiger partial charge in [-0.2, -0.15) is 5.10 Å². The first-order valence-electron chi connectivity index (χ1n) is 7.26. The van der Waals surface area contributed by atoms with Crippen LogP contribution in [-0.2, 0) is 6.42 Å². The van der Waals surface area contributed by atoms with Gasteiger partial charge in [0, 0.05) is 18.7 Å². The van der Waals surface area contributed by atoms with Crippen molar-refractivity contribution in [1.82, 2.24) is 9.78 Å². The second-order valence-corrected chi connectivity index (χ2v) is 6.22. The van der Waals surface area contributed by atoms with Crippen molar-refractivity contribution < 1.29 is 5.11 Å². The topological polar surface area (TPSA) is 38.0 Å². The van der Waals surface area contributed by atoms with E-state index in [1.165, 1.54) is 19.3 Å². The Hall–Kier alpha value is -0.830. The van der Waals surface area contributed by atoms with Crippen molar-refractivity contribution in [2.24, 2.45) is 5.92 Å². The molecule has 2 rings (SSSR count). The average molecular weight is 250 g/mol. The van der Waals surface area contributed by atoms with Gasteiger partial charge in [-0.15, -0.1) is 0 Å². The second kappa shape index (κ2) is 5.43. The fraction of sp³-hybridized carbons (Fsp3) is 0.800. The lowest BCUT2D eigenvalue weighted by atomic mass is 9.76. The largest absolute Gasteiger partial charge is 0.390 e. The summed E-state index contributed by atoms with van der Waals surface area (Å²) in [6, 6.07) is 2.48. The lowest BCUT2D eigenvalue weighted by Crippen LogP contribution is -2.32. The molecule has 1 fully saturated rings. The molecule has 1 N–H and O–H groups in total. The third-order valence-electron chi connectivity index (χ3n) is 4.22. The van der Waals surface area contributed by atoms with Gasteiger partial charge in [0.15, 0.2) is 0 Å². The van der Waals surface area contributed by atoms with Crippen LogP contribution in [0.1, 0.15) is 64.6 Å². The van der Waals surface area contributed by atoms with E-state index in [0.29, 0.717) is 12.5 Å². The minimum Gasteiger partial charge on any atom is -0.390 e. The molecule has 0 radical (unpaired) electrons. The summed E-state index contributed by atoms with van der Waals surface area (Å²) in [6.45, 7) is 6.29. The maximum Gasteiger partial charge on any atom is 0.0678 e. The number of nitrogens with zero attached hydrogens (tertiary/aromatic N) is 2. The van der Waals surface area contributed by atoms with Crippen LogP contribution in [0.4, 0.5) is 0 Å². The number of hydrogen-bond acceptors (Lipinski definition) is 2. The predicted molar refractivity (Wildman–Crippen MR) is 73.5 cm³/mol. The first-order chi connectivity index (χ1) is 8.50. The quantitative estimate of drug-likeness (QED) is 0.841. The van der Waals surface area contributed by atoms with Crippen LogP contribution in [0.2, 0.25) is 0 Å². The molecule has 0 saturated heterocycles. The first kappa shape index (κ1) is 13.6. The first-order valence-corrected chi connectivity index (χ1v) is 7.26. The van der Waals surface area contributed by atoms with Gasteiger partial charge in [0.25, 0.3) is 0 Å². The molecule has 1 aliphatic rings. The number of aliphatic hydroxyl groups is 1. The van der Waals surface area contributed by atoms with Crippen molar-refractivity contribution in [3.05, 3.63) is 18.0 Å². The van der Waals surface area contributed by atoms with Gasteiger partial charge >= 0.3 is 0 Å². The highest BCUT2D eigenvalue weighted by atomic mass is 16.3. The Morgan fingerprint density at radius 2 is 2.28 bits per heavy atom. The van der Waals surface area contributed by atoms with Gasteiger partial charge in [0.1, 0.15) is 0 Å². The van der Waals surface area contributed by atoms with Gasteiger partial charge < -0.3 is 5.11 Å². The van der Waals surface area contributed by atoms with Crippen molar-refractivity contribution in [3.8, 4) is 0 Å². The zero-order valence-corrected chi connectivity index (χ0v) is 11.9.